The van der Waals surface area contributed by atoms with E-state index in [0.717, 1.165) is 4.52 Å². The second-order valence-electron chi connectivity index (χ2n) is 10.4. The molecule has 1 fully saturated rings. The summed E-state index contributed by atoms with van der Waals surface area (Å²) in [6, 6.07) is 10.8. The Morgan fingerprint density at radius 2 is 2.05 bits per heavy atom. The fourth-order valence-corrected chi connectivity index (χ4v) is 7.33. The molecule has 1 aromatic carbocycles. The second kappa shape index (κ2) is 12.3. The zero-order chi connectivity index (χ0) is 31.7. The lowest BCUT2D eigenvalue weighted by atomic mass is 9.93. The maximum absolute atomic E-state index is 16.3. The molecule has 0 amide bonds. The number of nitrogen functional groups attached to an aromatic ring is 1. The van der Waals surface area contributed by atoms with Crippen LogP contribution in [0.1, 0.15) is 38.4 Å². The normalized spacial score (nSPS) is 25.6. The predicted molar refractivity (Wildman–Crippen MR) is 156 cm³/mol. The minimum atomic E-state index is -4.21. The van der Waals surface area contributed by atoms with E-state index in [1.54, 1.807) is 24.3 Å². The standard InChI is InChI=1S/C27H30BrFN5O8P/c1-15(17(3)36)13-43(39,42-20-7-5-4-6-18(20)9-8-16(2)35)40-12-21-23(37)27(28,29)26(14-30,41-21)22-11-10-19-24(38)32-25(31)33-34(19)22/h4-7,10-11,15,21,23,37H,8-9,12-13H2,1-3H3,(H3,31,32,33,38)/t15-,21-,23+,26+,27?,43?/m1/s1. The number of aliphatic hydroxyl groups excluding tert-OH is 1. The van der Waals surface area contributed by atoms with Gasteiger partial charge in [-0.15, -0.1) is 5.10 Å². The molecule has 0 aliphatic carbocycles. The zero-order valence-electron chi connectivity index (χ0n) is 23.5. The number of rotatable bonds is 12. The van der Waals surface area contributed by atoms with Crippen molar-refractivity contribution in [3.63, 3.8) is 0 Å². The average molecular weight is 682 g/mol. The number of aromatic amines is 1. The molecule has 0 saturated carbocycles. The number of ketones is 2. The van der Waals surface area contributed by atoms with E-state index in [9.17, 15) is 29.3 Å². The molecule has 1 saturated heterocycles. The number of Topliss-reactive ketones (excluding diaryl/α,β-unsaturated/α-hetero) is 2. The van der Waals surface area contributed by atoms with E-state index in [2.05, 4.69) is 26.0 Å². The third-order valence-corrected chi connectivity index (χ3v) is 10.2. The van der Waals surface area contributed by atoms with Crippen molar-refractivity contribution in [1.82, 2.24) is 14.6 Å². The van der Waals surface area contributed by atoms with Gasteiger partial charge >= 0.3 is 7.60 Å². The minimum absolute atomic E-state index is 0.0597. The summed E-state index contributed by atoms with van der Waals surface area (Å²) < 4.78 is 45.7. The van der Waals surface area contributed by atoms with Crippen LogP contribution < -0.4 is 15.8 Å². The Labute approximate surface area is 253 Å². The Kier molecular flexibility index (Phi) is 9.30. The molecule has 1 aliphatic rings. The fraction of sp³-hybridized carbons (Fsp3) is 0.444. The molecule has 6 atom stereocenters. The Morgan fingerprint density at radius 3 is 2.70 bits per heavy atom. The van der Waals surface area contributed by atoms with Crippen molar-refractivity contribution in [2.24, 2.45) is 5.92 Å². The number of H-pyrrole nitrogens is 1. The van der Waals surface area contributed by atoms with E-state index in [-0.39, 0.29) is 47.1 Å². The first kappa shape index (κ1) is 32.5. The predicted octanol–water partition coefficient (Wildman–Crippen LogP) is 3.18. The first-order chi connectivity index (χ1) is 20.1. The molecule has 13 nitrogen and oxygen atoms in total. The number of aryl methyl sites for hydroxylation is 1. The van der Waals surface area contributed by atoms with Gasteiger partial charge in [-0.1, -0.05) is 25.1 Å². The number of carbonyl (C=O) groups excluding carboxylic acids is 2. The Balaban J connectivity index is 1.66. The van der Waals surface area contributed by atoms with Crippen molar-refractivity contribution in [2.75, 3.05) is 18.5 Å². The molecule has 3 aromatic rings. The SMILES string of the molecule is CC(=O)CCc1ccccc1OP(=O)(C[C@@H](C)C(C)=O)OC[C@H]1O[C@@](C#N)(c2ccc3c(=O)[nH]c(N)nn23)C(F)(Br)[C@H]1O. The van der Waals surface area contributed by atoms with Crippen molar-refractivity contribution < 1.29 is 37.4 Å². The van der Waals surface area contributed by atoms with Crippen LogP contribution in [0.3, 0.4) is 0 Å². The van der Waals surface area contributed by atoms with E-state index in [4.69, 9.17) is 19.5 Å². The van der Waals surface area contributed by atoms with Gasteiger partial charge in [0.1, 0.15) is 41.1 Å². The smallest absolute Gasteiger partial charge is 0.380 e. The average Bonchev–Trinajstić information content (AvgIpc) is 3.44. The number of aromatic nitrogens is 3. The lowest BCUT2D eigenvalue weighted by Crippen LogP contribution is -2.46. The second-order valence-corrected chi connectivity index (χ2v) is 13.6. The number of nitriles is 1. The van der Waals surface area contributed by atoms with E-state index < -0.39 is 48.1 Å². The van der Waals surface area contributed by atoms with E-state index >= 15 is 4.39 Å². The van der Waals surface area contributed by atoms with Crippen LogP contribution in [0.5, 0.6) is 5.75 Å². The summed E-state index contributed by atoms with van der Waals surface area (Å²) in [6.07, 6.45) is -3.51. The molecule has 43 heavy (non-hydrogen) atoms. The number of nitrogens with one attached hydrogen (secondary N) is 1. The first-order valence-corrected chi connectivity index (χ1v) is 15.7. The topological polar surface area (TPSA) is 199 Å². The zero-order valence-corrected chi connectivity index (χ0v) is 25.9. The highest BCUT2D eigenvalue weighted by Crippen LogP contribution is 2.55. The largest absolute Gasteiger partial charge is 0.424 e. The maximum Gasteiger partial charge on any atom is 0.380 e. The number of carbonyl (C=O) groups is 2. The summed E-state index contributed by atoms with van der Waals surface area (Å²) >= 11 is 2.80. The number of alkyl halides is 2. The van der Waals surface area contributed by atoms with Gasteiger partial charge < -0.3 is 24.9 Å². The van der Waals surface area contributed by atoms with Gasteiger partial charge in [-0.2, -0.15) is 5.26 Å². The molecule has 2 unspecified atom stereocenters. The molecule has 4 rings (SSSR count). The summed E-state index contributed by atoms with van der Waals surface area (Å²) in [7, 11) is -4.21. The van der Waals surface area contributed by atoms with Gasteiger partial charge in [-0.3, -0.25) is 19.1 Å². The van der Waals surface area contributed by atoms with Gasteiger partial charge in [0.15, 0.2) is 0 Å². The van der Waals surface area contributed by atoms with Crippen LogP contribution in [0.25, 0.3) is 5.52 Å². The van der Waals surface area contributed by atoms with E-state index in [1.165, 1.54) is 39.0 Å². The van der Waals surface area contributed by atoms with Crippen molar-refractivity contribution >= 4 is 46.6 Å². The van der Waals surface area contributed by atoms with Gasteiger partial charge in [0.05, 0.1) is 18.5 Å². The summed E-state index contributed by atoms with van der Waals surface area (Å²) in [6.45, 7) is 3.57. The highest BCUT2D eigenvalue weighted by atomic mass is 79.9. The van der Waals surface area contributed by atoms with Crippen molar-refractivity contribution in [3.05, 3.63) is 58.0 Å². The number of nitrogens with two attached hydrogens (primary N) is 1. The van der Waals surface area contributed by atoms with Crippen LogP contribution in [0.4, 0.5) is 10.3 Å². The molecular weight excluding hydrogens is 652 g/mol. The van der Waals surface area contributed by atoms with E-state index in [1.807, 2.05) is 0 Å². The molecule has 0 radical (unpaired) electrons. The summed E-state index contributed by atoms with van der Waals surface area (Å²) in [4.78, 5) is 38.2. The van der Waals surface area contributed by atoms with Crippen LogP contribution >= 0.6 is 23.5 Å². The van der Waals surface area contributed by atoms with Crippen LogP contribution in [0, 0.1) is 17.2 Å². The van der Waals surface area contributed by atoms with Crippen LogP contribution in [-0.2, 0) is 35.4 Å². The van der Waals surface area contributed by atoms with Gasteiger partial charge in [0.2, 0.25) is 16.1 Å². The molecule has 0 bridgehead atoms. The van der Waals surface area contributed by atoms with Crippen molar-refractivity contribution in [1.29, 1.82) is 5.26 Å². The van der Waals surface area contributed by atoms with Crippen molar-refractivity contribution in [3.8, 4) is 11.8 Å². The molecule has 2 aromatic heterocycles. The van der Waals surface area contributed by atoms with Gasteiger partial charge in [-0.05, 0) is 60.0 Å². The van der Waals surface area contributed by atoms with E-state index in [0.29, 0.717) is 12.0 Å². The number of anilines is 1. The number of halogens is 2. The molecule has 4 N–H and O–H groups in total. The maximum atomic E-state index is 16.3. The fourth-order valence-electron chi connectivity index (χ4n) is 4.64. The third kappa shape index (κ3) is 6.30. The lowest BCUT2D eigenvalue weighted by molar-refractivity contribution is -0.120. The number of nitrogens with zero attached hydrogens (tertiary/aromatic N) is 3. The Morgan fingerprint density at radius 1 is 1.35 bits per heavy atom. The van der Waals surface area contributed by atoms with Crippen LogP contribution in [0.2, 0.25) is 0 Å². The molecule has 1 aliphatic heterocycles. The number of ether oxygens (including phenoxy) is 1. The number of hydrogen-bond donors (Lipinski definition) is 3. The number of fused-ring (bicyclic) bond motifs is 1. The quantitative estimate of drug-likeness (QED) is 0.187. The van der Waals surface area contributed by atoms with Gasteiger partial charge in [-0.25, -0.2) is 13.5 Å². The summed E-state index contributed by atoms with van der Waals surface area (Å²) in [5.74, 6) is -1.27. The molecule has 0 spiro atoms. The first-order valence-electron chi connectivity index (χ1n) is 13.2. The minimum Gasteiger partial charge on any atom is -0.424 e. The summed E-state index contributed by atoms with van der Waals surface area (Å²) in [5, 5.41) is 25.1. The number of para-hydroxylation sites is 1. The Hall–Kier alpha value is -3.41. The van der Waals surface area contributed by atoms with Crippen molar-refractivity contribution in [2.45, 2.75) is 56.0 Å². The van der Waals surface area contributed by atoms with Crippen LogP contribution in [0.15, 0.2) is 41.2 Å². The van der Waals surface area contributed by atoms with Gasteiger partial charge in [0.25, 0.3) is 5.56 Å². The van der Waals surface area contributed by atoms with Gasteiger partial charge in [0, 0.05) is 12.3 Å². The highest BCUT2D eigenvalue weighted by Gasteiger charge is 2.69. The van der Waals surface area contributed by atoms with Crippen LogP contribution in [-0.4, -0.2) is 60.8 Å². The molecule has 16 heteroatoms. The Bertz CT molecular complexity index is 1700. The third-order valence-electron chi connectivity index (χ3n) is 7.16. The molecule has 230 valence electrons. The monoisotopic (exact) mass is 681 g/mol. The highest BCUT2D eigenvalue weighted by molar-refractivity contribution is 9.10. The number of aliphatic hydroxyl groups is 1. The molecular formula is C27H30BrFN5O8P. The number of hydrogen-bond acceptors (Lipinski definition) is 11. The summed E-state index contributed by atoms with van der Waals surface area (Å²) in [5.41, 5.74) is 2.66. The number of benzene rings is 1. The lowest BCUT2D eigenvalue weighted by Gasteiger charge is -2.29. The molecule has 3 heterocycles.